The van der Waals surface area contributed by atoms with Crippen LogP contribution < -0.4 is 10.6 Å². The van der Waals surface area contributed by atoms with Gasteiger partial charge in [-0.25, -0.2) is 0 Å². The van der Waals surface area contributed by atoms with Gasteiger partial charge in [0.05, 0.1) is 4.92 Å². The molecule has 1 fully saturated rings. The molecular formula is C15H24N4O2. The minimum absolute atomic E-state index is 0.146. The van der Waals surface area contributed by atoms with E-state index in [9.17, 15) is 10.1 Å². The Hall–Kier alpha value is -1.82. The first-order chi connectivity index (χ1) is 10.2. The largest absolute Gasteiger partial charge is 0.379 e. The van der Waals surface area contributed by atoms with Crippen molar-refractivity contribution in [1.82, 2.24) is 4.90 Å². The fourth-order valence-corrected chi connectivity index (χ4v) is 2.64. The van der Waals surface area contributed by atoms with Crippen LogP contribution in [0.1, 0.15) is 26.2 Å². The summed E-state index contributed by atoms with van der Waals surface area (Å²) in [5.74, 6) is 0. The second-order valence-corrected chi connectivity index (χ2v) is 5.36. The average Bonchev–Trinajstić information content (AvgIpc) is 2.98. The van der Waals surface area contributed by atoms with E-state index in [1.54, 1.807) is 12.1 Å². The zero-order chi connectivity index (χ0) is 15.1. The maximum absolute atomic E-state index is 11.3. The molecule has 0 spiro atoms. The zero-order valence-electron chi connectivity index (χ0n) is 12.6. The molecule has 0 aliphatic carbocycles. The van der Waals surface area contributed by atoms with E-state index in [0.717, 1.165) is 39.1 Å². The fourth-order valence-electron chi connectivity index (χ4n) is 2.64. The molecule has 0 radical (unpaired) electrons. The lowest BCUT2D eigenvalue weighted by molar-refractivity contribution is -0.383. The molecule has 2 N–H and O–H groups in total. The van der Waals surface area contributed by atoms with E-state index >= 15 is 0 Å². The molecule has 116 valence electrons. The van der Waals surface area contributed by atoms with Gasteiger partial charge in [0.15, 0.2) is 0 Å². The van der Waals surface area contributed by atoms with Crippen LogP contribution in [0.3, 0.4) is 0 Å². The monoisotopic (exact) mass is 292 g/mol. The van der Waals surface area contributed by atoms with Gasteiger partial charge < -0.3 is 15.5 Å². The lowest BCUT2D eigenvalue weighted by Gasteiger charge is -2.16. The summed E-state index contributed by atoms with van der Waals surface area (Å²) in [5, 5.41) is 17.7. The standard InChI is InChI=1S/C15H24N4O2/c1-2-8-16-13-6-5-7-14(15(13)19(20)21)17-9-12-18-10-3-4-11-18/h5-7,16-17H,2-4,8-12H2,1H3. The third-order valence-corrected chi connectivity index (χ3v) is 3.73. The summed E-state index contributed by atoms with van der Waals surface area (Å²) in [6.45, 7) is 6.72. The summed E-state index contributed by atoms with van der Waals surface area (Å²) < 4.78 is 0. The number of benzene rings is 1. The summed E-state index contributed by atoms with van der Waals surface area (Å²) in [5.41, 5.74) is 1.33. The Bertz CT molecular complexity index is 473. The maximum atomic E-state index is 11.3. The zero-order valence-corrected chi connectivity index (χ0v) is 12.6. The van der Waals surface area contributed by atoms with Crippen LogP contribution in [0.2, 0.25) is 0 Å². The summed E-state index contributed by atoms with van der Waals surface area (Å²) in [6, 6.07) is 5.39. The Labute approximate surface area is 125 Å². The Balaban J connectivity index is 2.01. The number of anilines is 2. The quantitative estimate of drug-likeness (QED) is 0.569. The molecule has 0 bridgehead atoms. The van der Waals surface area contributed by atoms with Crippen molar-refractivity contribution >= 4 is 17.1 Å². The number of nitro benzene ring substituents is 1. The smallest absolute Gasteiger partial charge is 0.315 e. The highest BCUT2D eigenvalue weighted by atomic mass is 16.6. The molecule has 6 heteroatoms. The molecule has 1 aromatic carbocycles. The van der Waals surface area contributed by atoms with Gasteiger partial charge in [-0.3, -0.25) is 10.1 Å². The van der Waals surface area contributed by atoms with Gasteiger partial charge in [0.1, 0.15) is 11.4 Å². The molecule has 0 amide bonds. The number of hydrogen-bond donors (Lipinski definition) is 2. The number of nitrogens with one attached hydrogen (secondary N) is 2. The molecule has 0 atom stereocenters. The van der Waals surface area contributed by atoms with Crippen LogP contribution in [0.4, 0.5) is 17.1 Å². The molecular weight excluding hydrogens is 268 g/mol. The molecule has 2 rings (SSSR count). The van der Waals surface area contributed by atoms with E-state index in [-0.39, 0.29) is 10.6 Å². The van der Waals surface area contributed by atoms with Crippen LogP contribution in [0.15, 0.2) is 18.2 Å². The highest BCUT2D eigenvalue weighted by Gasteiger charge is 2.19. The Morgan fingerprint density at radius 2 is 1.81 bits per heavy atom. The first kappa shape index (κ1) is 15.6. The van der Waals surface area contributed by atoms with Crippen molar-refractivity contribution in [3.8, 4) is 0 Å². The number of para-hydroxylation sites is 1. The van der Waals surface area contributed by atoms with Gasteiger partial charge in [-0.1, -0.05) is 13.0 Å². The van der Waals surface area contributed by atoms with E-state index in [0.29, 0.717) is 11.4 Å². The lowest BCUT2D eigenvalue weighted by atomic mass is 10.2. The molecule has 1 saturated heterocycles. The molecule has 0 unspecified atom stereocenters. The van der Waals surface area contributed by atoms with Crippen LogP contribution >= 0.6 is 0 Å². The SMILES string of the molecule is CCCNc1cccc(NCCN2CCCC2)c1[N+](=O)[O-]. The highest BCUT2D eigenvalue weighted by molar-refractivity contribution is 5.76. The van der Waals surface area contributed by atoms with E-state index in [1.807, 2.05) is 13.0 Å². The number of likely N-dealkylation sites (tertiary alicyclic amines) is 1. The molecule has 1 aliphatic heterocycles. The van der Waals surface area contributed by atoms with E-state index in [1.165, 1.54) is 12.8 Å². The summed E-state index contributed by atoms with van der Waals surface area (Å²) >= 11 is 0. The molecule has 21 heavy (non-hydrogen) atoms. The lowest BCUT2D eigenvalue weighted by Crippen LogP contribution is -2.26. The average molecular weight is 292 g/mol. The predicted molar refractivity (Wildman–Crippen MR) is 86.0 cm³/mol. The second kappa shape index (κ2) is 7.83. The third-order valence-electron chi connectivity index (χ3n) is 3.73. The summed E-state index contributed by atoms with van der Waals surface area (Å²) in [4.78, 5) is 13.4. The minimum Gasteiger partial charge on any atom is -0.379 e. The first-order valence-electron chi connectivity index (χ1n) is 7.70. The summed E-state index contributed by atoms with van der Waals surface area (Å²) in [7, 11) is 0. The van der Waals surface area contributed by atoms with Gasteiger partial charge in [0.2, 0.25) is 0 Å². The molecule has 1 aliphatic rings. The van der Waals surface area contributed by atoms with Crippen molar-refractivity contribution in [3.63, 3.8) is 0 Å². The van der Waals surface area contributed by atoms with E-state index in [2.05, 4.69) is 15.5 Å². The molecule has 0 aromatic heterocycles. The van der Waals surface area contributed by atoms with Crippen molar-refractivity contribution in [3.05, 3.63) is 28.3 Å². The van der Waals surface area contributed by atoms with Crippen molar-refractivity contribution in [2.24, 2.45) is 0 Å². The van der Waals surface area contributed by atoms with E-state index in [4.69, 9.17) is 0 Å². The topological polar surface area (TPSA) is 70.4 Å². The Morgan fingerprint density at radius 1 is 1.19 bits per heavy atom. The van der Waals surface area contributed by atoms with Crippen molar-refractivity contribution in [2.45, 2.75) is 26.2 Å². The summed E-state index contributed by atoms with van der Waals surface area (Å²) in [6.07, 6.45) is 3.46. The third kappa shape index (κ3) is 4.32. The van der Waals surface area contributed by atoms with Gasteiger partial charge in [0.25, 0.3) is 0 Å². The second-order valence-electron chi connectivity index (χ2n) is 5.36. The van der Waals surface area contributed by atoms with Gasteiger partial charge in [-0.15, -0.1) is 0 Å². The van der Waals surface area contributed by atoms with Gasteiger partial charge in [-0.05, 0) is 44.5 Å². The number of nitro groups is 1. The maximum Gasteiger partial charge on any atom is 0.315 e. The van der Waals surface area contributed by atoms with Gasteiger partial charge >= 0.3 is 5.69 Å². The number of rotatable bonds is 8. The van der Waals surface area contributed by atoms with Crippen LogP contribution in [0.5, 0.6) is 0 Å². The van der Waals surface area contributed by atoms with Crippen LogP contribution in [-0.2, 0) is 0 Å². The Kier molecular flexibility index (Phi) is 5.80. The predicted octanol–water partition coefficient (Wildman–Crippen LogP) is 2.92. The fraction of sp³-hybridized carbons (Fsp3) is 0.600. The Morgan fingerprint density at radius 3 is 2.38 bits per heavy atom. The van der Waals surface area contributed by atoms with E-state index < -0.39 is 0 Å². The van der Waals surface area contributed by atoms with Crippen LogP contribution in [-0.4, -0.2) is 42.5 Å². The molecule has 0 saturated carbocycles. The number of hydrogen-bond acceptors (Lipinski definition) is 5. The first-order valence-corrected chi connectivity index (χ1v) is 7.70. The van der Waals surface area contributed by atoms with Crippen LogP contribution in [0.25, 0.3) is 0 Å². The van der Waals surface area contributed by atoms with Gasteiger partial charge in [0, 0.05) is 19.6 Å². The van der Waals surface area contributed by atoms with Crippen molar-refractivity contribution in [2.75, 3.05) is 43.4 Å². The van der Waals surface area contributed by atoms with Crippen molar-refractivity contribution < 1.29 is 4.92 Å². The van der Waals surface area contributed by atoms with Crippen LogP contribution in [0, 0.1) is 10.1 Å². The number of nitrogens with zero attached hydrogens (tertiary/aromatic N) is 2. The van der Waals surface area contributed by atoms with Gasteiger partial charge in [-0.2, -0.15) is 0 Å². The molecule has 1 aromatic rings. The molecule has 6 nitrogen and oxygen atoms in total. The highest BCUT2D eigenvalue weighted by Crippen LogP contribution is 2.32. The van der Waals surface area contributed by atoms with Crippen molar-refractivity contribution in [1.29, 1.82) is 0 Å². The minimum atomic E-state index is -0.309. The normalized spacial score (nSPS) is 15.1. The molecule has 1 heterocycles.